The number of oxime groups is 1. The molecule has 3 aromatic rings. The van der Waals surface area contributed by atoms with Gasteiger partial charge in [0.15, 0.2) is 22.6 Å². The topological polar surface area (TPSA) is 262 Å². The number of fused-ring (bicyclic) bond motifs is 5. The predicted molar refractivity (Wildman–Crippen MR) is 228 cm³/mol. The van der Waals surface area contributed by atoms with E-state index in [1.807, 2.05) is 6.92 Å². The molecule has 7 rings (SSSR count). The average molecular weight is 942 g/mol. The Bertz CT molecular complexity index is 2660. The van der Waals surface area contributed by atoms with E-state index < -0.39 is 115 Å². The van der Waals surface area contributed by atoms with Crippen LogP contribution < -0.4 is 25.3 Å². The number of phosphoric acid groups is 1. The number of carboxylic acid groups (broad SMARTS) is 1. The number of nitrogens with zero attached hydrogens (tertiary/aromatic N) is 3. The average Bonchev–Trinajstić information content (AvgIpc) is 3.85. The number of carboxylic acids is 1. The van der Waals surface area contributed by atoms with Crippen LogP contribution in [0.2, 0.25) is 0 Å². The Morgan fingerprint density at radius 1 is 1.11 bits per heavy atom. The maximum Gasteiger partial charge on any atom is 0.524 e. The quantitative estimate of drug-likeness (QED) is 0.0622. The lowest BCUT2D eigenvalue weighted by Crippen LogP contribution is -2.55. The number of nitrogens with one attached hydrogen (secondary N) is 2. The number of hydrogen-bond donors (Lipinski definition) is 5. The summed E-state index contributed by atoms with van der Waals surface area (Å²) in [6.07, 6.45) is 2.15. The fourth-order valence-electron chi connectivity index (χ4n) is 9.61. The van der Waals surface area contributed by atoms with Gasteiger partial charge in [-0.3, -0.25) is 39.1 Å². The second kappa shape index (κ2) is 18.0. The molecule has 5 heterocycles. The molecular formula is C44H50F2N5O14P. The first-order valence-corrected chi connectivity index (χ1v) is 22.7. The molecule has 66 heavy (non-hydrogen) atoms. The number of ketones is 1. The summed E-state index contributed by atoms with van der Waals surface area (Å²) >= 11 is 0. The largest absolute Gasteiger partial charge is 0.524 e. The lowest BCUT2D eigenvalue weighted by atomic mass is 9.77. The first-order chi connectivity index (χ1) is 30.9. The minimum atomic E-state index is -5.24. The number of aromatic nitrogens is 1. The maximum absolute atomic E-state index is 14.5. The number of Topliss-reactive ketones (excluding diaryl/α,β-unsaturated/α-hetero) is 1. The van der Waals surface area contributed by atoms with Crippen molar-refractivity contribution >= 4 is 43.1 Å². The minimum absolute atomic E-state index is 0.0571. The molecule has 0 unspecified atom stereocenters. The van der Waals surface area contributed by atoms with E-state index in [1.54, 1.807) is 32.6 Å². The van der Waals surface area contributed by atoms with Gasteiger partial charge >= 0.3 is 19.8 Å². The summed E-state index contributed by atoms with van der Waals surface area (Å²) in [5, 5.41) is 19.3. The highest BCUT2D eigenvalue weighted by molar-refractivity contribution is 7.46. The summed E-state index contributed by atoms with van der Waals surface area (Å²) in [6.45, 7) is 7.35. The van der Waals surface area contributed by atoms with E-state index >= 15 is 0 Å². The van der Waals surface area contributed by atoms with E-state index in [4.69, 9.17) is 18.8 Å². The Hall–Kier alpha value is -6.02. The number of hydrogen-bond acceptors (Lipinski definition) is 13. The van der Waals surface area contributed by atoms with Crippen molar-refractivity contribution in [2.24, 2.45) is 5.16 Å². The van der Waals surface area contributed by atoms with Crippen LogP contribution in [0.5, 0.6) is 11.5 Å². The Kier molecular flexibility index (Phi) is 13.1. The van der Waals surface area contributed by atoms with Gasteiger partial charge in [-0.2, -0.15) is 0 Å². The number of halogens is 2. The second-order valence-corrected chi connectivity index (χ2v) is 19.1. The van der Waals surface area contributed by atoms with E-state index in [-0.39, 0.29) is 47.1 Å². The molecule has 0 saturated carbocycles. The Morgan fingerprint density at radius 3 is 2.48 bits per heavy atom. The third-order valence-corrected chi connectivity index (χ3v) is 13.2. The van der Waals surface area contributed by atoms with Crippen LogP contribution in [0.1, 0.15) is 115 Å². The van der Waals surface area contributed by atoms with Gasteiger partial charge in [0.1, 0.15) is 22.9 Å². The molecule has 4 aliphatic rings. The zero-order valence-electron chi connectivity index (χ0n) is 36.8. The molecule has 1 aromatic heterocycles. The third kappa shape index (κ3) is 9.34. The van der Waals surface area contributed by atoms with E-state index in [1.165, 1.54) is 22.9 Å². The summed E-state index contributed by atoms with van der Waals surface area (Å²) in [6, 6.07) is 4.49. The number of phosphoric ester groups is 1. The van der Waals surface area contributed by atoms with Crippen LogP contribution in [0.25, 0.3) is 0 Å². The van der Waals surface area contributed by atoms with Gasteiger partial charge in [0, 0.05) is 60.8 Å². The second-order valence-electron chi connectivity index (χ2n) is 17.9. The molecule has 1 spiro atoms. The van der Waals surface area contributed by atoms with Gasteiger partial charge in [-0.25, -0.2) is 18.1 Å². The highest BCUT2D eigenvalue weighted by Crippen LogP contribution is 2.47. The van der Waals surface area contributed by atoms with Gasteiger partial charge in [0.05, 0.1) is 18.2 Å². The zero-order chi connectivity index (χ0) is 48.1. The van der Waals surface area contributed by atoms with Crippen molar-refractivity contribution in [3.05, 3.63) is 91.9 Å². The fraction of sp³-hybridized carbons (Fsp3) is 0.477. The summed E-state index contributed by atoms with van der Waals surface area (Å²) in [5.74, 6) is -7.30. The van der Waals surface area contributed by atoms with Gasteiger partial charge < -0.3 is 38.7 Å². The van der Waals surface area contributed by atoms with Crippen molar-refractivity contribution < 1.29 is 71.0 Å². The molecule has 2 bridgehead atoms. The van der Waals surface area contributed by atoms with Crippen LogP contribution in [-0.4, -0.2) is 96.7 Å². The molecule has 19 nitrogen and oxygen atoms in total. The lowest BCUT2D eigenvalue weighted by Gasteiger charge is -2.42. The molecule has 2 aromatic carbocycles. The molecule has 22 heteroatoms. The van der Waals surface area contributed by atoms with Crippen molar-refractivity contribution in [2.75, 3.05) is 19.9 Å². The van der Waals surface area contributed by atoms with Crippen LogP contribution in [0, 0.1) is 18.6 Å². The van der Waals surface area contributed by atoms with Crippen molar-refractivity contribution in [3.63, 3.8) is 0 Å². The number of carbonyl (C=O) groups excluding carboxylic acids is 4. The standard InChI is InChI=1S/C44H50F2N5O14P/c1-23-13-26(15-33(52)44(41(57)58)10-6-12-48-44)14-31(64-66(59,60)61)35(23)42(4,5)18-34(53)62-22-63-38-36-40(56)50-21-32(43(11-9-25(50)3)17-24(2)49-65-43)51(36)20-29(37(38)54)39(55)47-19-27-7-8-28(45)16-30(27)46/h7-8,13-14,16,20,25,32,48H,6,9-12,15,17-19,21-22H2,1-5H3,(H,47,55)(H,57,58)(H2,59,60,61)/t25-,32+,43-,44-/m0/s1. The Labute approximate surface area is 376 Å². The van der Waals surface area contributed by atoms with Gasteiger partial charge in [0.2, 0.25) is 18.0 Å². The van der Waals surface area contributed by atoms with E-state index in [2.05, 4.69) is 15.8 Å². The zero-order valence-corrected chi connectivity index (χ0v) is 37.7. The number of aliphatic carboxylic acids is 1. The number of aryl methyl sites for hydroxylation is 1. The smallest absolute Gasteiger partial charge is 0.480 e. The SMILES string of the molecule is CC1=NO[C@@]2(CC[C@H](C)N3C[C@H]2n2cc(C(=O)NCc4ccc(F)cc4F)c(=O)c(OCOC(=O)CC(C)(C)c4c(C)cc(CC(=O)[C@]5(C(=O)O)CCCN5)cc4OP(=O)(O)O)c2C3=O)C1. The summed E-state index contributed by atoms with van der Waals surface area (Å²) in [7, 11) is -5.24. The van der Waals surface area contributed by atoms with Crippen molar-refractivity contribution in [1.82, 2.24) is 20.1 Å². The molecule has 0 radical (unpaired) electrons. The Balaban J connectivity index is 1.17. The number of rotatable bonds is 15. The first-order valence-electron chi connectivity index (χ1n) is 21.2. The molecular weight excluding hydrogens is 891 g/mol. The lowest BCUT2D eigenvalue weighted by molar-refractivity contribution is -0.152. The third-order valence-electron chi connectivity index (χ3n) is 12.7. The molecule has 2 amide bonds. The first kappa shape index (κ1) is 47.9. The van der Waals surface area contributed by atoms with E-state index in [0.717, 1.165) is 12.1 Å². The summed E-state index contributed by atoms with van der Waals surface area (Å²) in [5.41, 5.74) is -4.63. The fourth-order valence-corrected chi connectivity index (χ4v) is 10.0. The predicted octanol–water partition coefficient (Wildman–Crippen LogP) is 4.12. The van der Waals surface area contributed by atoms with Gasteiger partial charge in [-0.05, 0) is 76.3 Å². The van der Waals surface area contributed by atoms with Gasteiger partial charge in [-0.15, -0.1) is 0 Å². The molecule has 354 valence electrons. The van der Waals surface area contributed by atoms with Crippen LogP contribution in [0.4, 0.5) is 8.78 Å². The minimum Gasteiger partial charge on any atom is -0.480 e. The number of amides is 2. The van der Waals surface area contributed by atoms with Gasteiger partial charge in [0.25, 0.3) is 11.8 Å². The van der Waals surface area contributed by atoms with Crippen molar-refractivity contribution in [1.29, 1.82) is 0 Å². The van der Waals surface area contributed by atoms with Crippen LogP contribution in [0.15, 0.2) is 46.5 Å². The molecule has 2 saturated heterocycles. The van der Waals surface area contributed by atoms with Crippen LogP contribution >= 0.6 is 7.82 Å². The molecule has 4 aliphatic heterocycles. The number of carbonyl (C=O) groups is 5. The Morgan fingerprint density at radius 2 is 1.85 bits per heavy atom. The van der Waals surface area contributed by atoms with Crippen LogP contribution in [-0.2, 0) is 46.9 Å². The van der Waals surface area contributed by atoms with Gasteiger partial charge in [-0.1, -0.05) is 31.1 Å². The number of ether oxygens (including phenoxy) is 2. The number of pyridine rings is 1. The number of esters is 1. The summed E-state index contributed by atoms with van der Waals surface area (Å²) in [4.78, 5) is 109. The normalized spacial score (nSPS) is 22.5. The highest BCUT2D eigenvalue weighted by atomic mass is 31.2. The van der Waals surface area contributed by atoms with E-state index in [9.17, 15) is 57.0 Å². The molecule has 0 aliphatic carbocycles. The molecule has 5 N–H and O–H groups in total. The maximum atomic E-state index is 14.5. The number of benzene rings is 2. The van der Waals surface area contributed by atoms with Crippen LogP contribution in [0.3, 0.4) is 0 Å². The van der Waals surface area contributed by atoms with E-state index in [0.29, 0.717) is 49.6 Å². The van der Waals surface area contributed by atoms with Crippen molar-refractivity contribution in [3.8, 4) is 11.5 Å². The molecule has 2 fully saturated rings. The summed E-state index contributed by atoms with van der Waals surface area (Å²) < 4.78 is 58.1. The highest BCUT2D eigenvalue weighted by Gasteiger charge is 2.54. The monoisotopic (exact) mass is 941 g/mol. The van der Waals surface area contributed by atoms with Crippen molar-refractivity contribution in [2.45, 2.75) is 115 Å². The molecule has 4 atom stereocenters.